The molecule has 2 fully saturated rings. The summed E-state index contributed by atoms with van der Waals surface area (Å²) >= 11 is 7.10. The smallest absolute Gasteiger partial charge is 0.273 e. The molecular formula is C34H36ClN5O4S. The maximum atomic E-state index is 14.7. The van der Waals surface area contributed by atoms with E-state index in [2.05, 4.69) is 15.0 Å². The molecule has 2 aliphatic rings. The zero-order valence-electron chi connectivity index (χ0n) is 24.8. The van der Waals surface area contributed by atoms with Gasteiger partial charge in [0.15, 0.2) is 5.69 Å². The van der Waals surface area contributed by atoms with Crippen LogP contribution in [0.5, 0.6) is 0 Å². The summed E-state index contributed by atoms with van der Waals surface area (Å²) in [6.07, 6.45) is 6.77. The molecular weight excluding hydrogens is 610 g/mol. The lowest BCUT2D eigenvalue weighted by atomic mass is 9.95. The van der Waals surface area contributed by atoms with Crippen molar-refractivity contribution in [3.63, 3.8) is 0 Å². The highest BCUT2D eigenvalue weighted by atomic mass is 35.5. The van der Waals surface area contributed by atoms with Gasteiger partial charge in [0.1, 0.15) is 10.9 Å². The molecule has 2 heterocycles. The second-order valence-corrected chi connectivity index (χ2v) is 12.8. The minimum atomic E-state index is -1.09. The van der Waals surface area contributed by atoms with Crippen molar-refractivity contribution in [1.29, 1.82) is 0 Å². The Bertz CT molecular complexity index is 1680. The van der Waals surface area contributed by atoms with Crippen molar-refractivity contribution in [2.24, 2.45) is 0 Å². The van der Waals surface area contributed by atoms with Crippen molar-refractivity contribution < 1.29 is 19.1 Å². The van der Waals surface area contributed by atoms with Crippen molar-refractivity contribution in [3.05, 3.63) is 87.9 Å². The summed E-state index contributed by atoms with van der Waals surface area (Å²) in [4.78, 5) is 43.7. The molecule has 11 heteroatoms. The van der Waals surface area contributed by atoms with Crippen molar-refractivity contribution >= 4 is 63.0 Å². The van der Waals surface area contributed by atoms with Gasteiger partial charge in [0, 0.05) is 29.6 Å². The van der Waals surface area contributed by atoms with E-state index in [1.807, 2.05) is 42.5 Å². The summed E-state index contributed by atoms with van der Waals surface area (Å²) in [5.74, 6) is -1.31. The number of nitrogen functional groups attached to an aromatic ring is 1. The van der Waals surface area contributed by atoms with Gasteiger partial charge < -0.3 is 21.1 Å². The first-order chi connectivity index (χ1) is 21.9. The van der Waals surface area contributed by atoms with Crippen LogP contribution in [0.3, 0.4) is 0 Å². The second-order valence-electron chi connectivity index (χ2n) is 11.6. The molecule has 1 saturated carbocycles. The number of benzene rings is 3. The largest absolute Gasteiger partial charge is 0.395 e. The fourth-order valence-electron chi connectivity index (χ4n) is 6.19. The number of nitrogens with zero attached hydrogens (tertiary/aromatic N) is 2. The van der Waals surface area contributed by atoms with Crippen molar-refractivity contribution in [2.75, 3.05) is 23.8 Å². The average molecular weight is 646 g/mol. The first kappa shape index (κ1) is 31.0. The highest BCUT2D eigenvalue weighted by Crippen LogP contribution is 2.37. The van der Waals surface area contributed by atoms with Crippen molar-refractivity contribution in [3.8, 4) is 0 Å². The number of hydrogen-bond donors (Lipinski definition) is 3. The van der Waals surface area contributed by atoms with Gasteiger partial charge in [0.05, 0.1) is 17.5 Å². The van der Waals surface area contributed by atoms with E-state index in [0.717, 1.165) is 67.3 Å². The number of rotatable bonds is 9. The van der Waals surface area contributed by atoms with E-state index < -0.39 is 17.9 Å². The number of anilines is 2. The number of nitrogens with two attached hydrogens (primary N) is 1. The SMILES string of the molecule is Nc1c(C(=O)NC2CCCCC2)nsc1C(=O)N(c1cccc2ccccc12)[C@H](C(=O)NC[C@@H]1CCCO1)c1ccc(Cl)cc1. The van der Waals surface area contributed by atoms with Gasteiger partial charge in [-0.25, -0.2) is 0 Å². The summed E-state index contributed by atoms with van der Waals surface area (Å²) < 4.78 is 10.1. The Hall–Kier alpha value is -3.99. The van der Waals surface area contributed by atoms with E-state index in [9.17, 15) is 14.4 Å². The van der Waals surface area contributed by atoms with Gasteiger partial charge in [-0.2, -0.15) is 4.37 Å². The number of fused-ring (bicyclic) bond motifs is 1. The maximum absolute atomic E-state index is 14.7. The number of nitrogens with one attached hydrogen (secondary N) is 2. The summed E-state index contributed by atoms with van der Waals surface area (Å²) in [5.41, 5.74) is 7.62. The summed E-state index contributed by atoms with van der Waals surface area (Å²) in [6, 6.07) is 19.1. The highest BCUT2D eigenvalue weighted by molar-refractivity contribution is 7.09. The minimum absolute atomic E-state index is 0.00170. The molecule has 2 atom stereocenters. The van der Waals surface area contributed by atoms with Crippen LogP contribution in [-0.2, 0) is 9.53 Å². The zero-order chi connectivity index (χ0) is 31.3. The molecule has 1 aliphatic heterocycles. The average Bonchev–Trinajstić information content (AvgIpc) is 3.73. The molecule has 6 rings (SSSR count). The van der Waals surface area contributed by atoms with Crippen LogP contribution in [-0.4, -0.2) is 47.4 Å². The first-order valence-corrected chi connectivity index (χ1v) is 16.6. The number of halogens is 1. The third-order valence-electron chi connectivity index (χ3n) is 8.54. The van der Waals surface area contributed by atoms with Crippen molar-refractivity contribution in [1.82, 2.24) is 15.0 Å². The van der Waals surface area contributed by atoms with Crippen LogP contribution in [0.2, 0.25) is 5.02 Å². The molecule has 3 amide bonds. The van der Waals surface area contributed by atoms with E-state index in [1.165, 1.54) is 4.90 Å². The topological polar surface area (TPSA) is 127 Å². The Kier molecular flexibility index (Phi) is 9.63. The second kappa shape index (κ2) is 14.0. The van der Waals surface area contributed by atoms with Crippen LogP contribution in [0.25, 0.3) is 10.8 Å². The number of carbonyl (C=O) groups is 3. The summed E-state index contributed by atoms with van der Waals surface area (Å²) in [5, 5.41) is 8.24. The lowest BCUT2D eigenvalue weighted by molar-refractivity contribution is -0.123. The van der Waals surface area contributed by atoms with Crippen molar-refractivity contribution in [2.45, 2.75) is 63.1 Å². The molecule has 0 radical (unpaired) electrons. The third kappa shape index (κ3) is 6.83. The van der Waals surface area contributed by atoms with Gasteiger partial charge in [-0.05, 0) is 66.4 Å². The molecule has 0 unspecified atom stereocenters. The molecule has 4 N–H and O–H groups in total. The van der Waals surface area contributed by atoms with Gasteiger partial charge in [-0.1, -0.05) is 79.4 Å². The minimum Gasteiger partial charge on any atom is -0.395 e. The molecule has 0 bridgehead atoms. The van der Waals surface area contributed by atoms with Crippen LogP contribution >= 0.6 is 23.1 Å². The van der Waals surface area contributed by atoms with Crippen LogP contribution < -0.4 is 21.3 Å². The number of ether oxygens (including phenoxy) is 1. The molecule has 1 aliphatic carbocycles. The fraction of sp³-hybridized carbons (Fsp3) is 0.353. The van der Waals surface area contributed by atoms with E-state index in [0.29, 0.717) is 29.4 Å². The Labute approximate surface area is 271 Å². The normalized spacial score (nSPS) is 17.6. The van der Waals surface area contributed by atoms with Gasteiger partial charge in [-0.3, -0.25) is 19.3 Å². The van der Waals surface area contributed by atoms with Crippen LogP contribution in [0.4, 0.5) is 11.4 Å². The predicted molar refractivity (Wildman–Crippen MR) is 178 cm³/mol. The zero-order valence-corrected chi connectivity index (χ0v) is 26.4. The van der Waals surface area contributed by atoms with Gasteiger partial charge in [0.2, 0.25) is 5.91 Å². The molecule has 45 heavy (non-hydrogen) atoms. The molecule has 1 aromatic heterocycles. The Morgan fingerprint density at radius 2 is 1.73 bits per heavy atom. The number of carbonyl (C=O) groups excluding carboxylic acids is 3. The van der Waals surface area contributed by atoms with E-state index in [4.69, 9.17) is 22.1 Å². The number of amides is 3. The lowest BCUT2D eigenvalue weighted by Gasteiger charge is -2.32. The van der Waals surface area contributed by atoms with Gasteiger partial charge in [-0.15, -0.1) is 0 Å². The van der Waals surface area contributed by atoms with Crippen LogP contribution in [0.15, 0.2) is 66.7 Å². The van der Waals surface area contributed by atoms with Crippen LogP contribution in [0, 0.1) is 0 Å². The fourth-order valence-corrected chi connectivity index (χ4v) is 7.05. The quantitative estimate of drug-likeness (QED) is 0.197. The van der Waals surface area contributed by atoms with Gasteiger partial charge >= 0.3 is 0 Å². The summed E-state index contributed by atoms with van der Waals surface area (Å²) in [6.45, 7) is 0.970. The number of hydrogen-bond acceptors (Lipinski definition) is 7. The molecule has 234 valence electrons. The molecule has 3 aromatic carbocycles. The van der Waals surface area contributed by atoms with E-state index in [-0.39, 0.29) is 34.3 Å². The molecule has 9 nitrogen and oxygen atoms in total. The molecule has 1 saturated heterocycles. The van der Waals surface area contributed by atoms with Crippen LogP contribution in [0.1, 0.15) is 76.7 Å². The van der Waals surface area contributed by atoms with E-state index >= 15 is 0 Å². The third-order valence-corrected chi connectivity index (χ3v) is 9.65. The standard InChI is InChI=1S/C34H36ClN5O4S/c35-23-17-15-22(16-18-23)30(33(42)37-20-25-12-7-19-44-25)40(27-14-6-9-21-8-4-5-13-26(21)27)34(43)31-28(36)29(39-45-31)32(41)38-24-10-2-1-3-11-24/h4-6,8-9,13-18,24-25,30H,1-3,7,10-12,19-20,36H2,(H,37,42)(H,38,41)/t25-,30-/m0/s1. The highest BCUT2D eigenvalue weighted by Gasteiger charge is 2.37. The number of aromatic nitrogens is 1. The first-order valence-electron chi connectivity index (χ1n) is 15.4. The lowest BCUT2D eigenvalue weighted by Crippen LogP contribution is -2.45. The summed E-state index contributed by atoms with van der Waals surface area (Å²) in [7, 11) is 0. The Balaban J connectivity index is 1.42. The van der Waals surface area contributed by atoms with Gasteiger partial charge in [0.25, 0.3) is 11.8 Å². The molecule has 4 aromatic rings. The maximum Gasteiger partial charge on any atom is 0.273 e. The Morgan fingerprint density at radius 1 is 0.978 bits per heavy atom. The Morgan fingerprint density at radius 3 is 2.49 bits per heavy atom. The predicted octanol–water partition coefficient (Wildman–Crippen LogP) is 6.28. The van der Waals surface area contributed by atoms with E-state index in [1.54, 1.807) is 24.3 Å². The molecule has 0 spiro atoms. The monoisotopic (exact) mass is 645 g/mol.